The van der Waals surface area contributed by atoms with Gasteiger partial charge in [0.05, 0.1) is 31.1 Å². The van der Waals surface area contributed by atoms with Crippen LogP contribution in [0.5, 0.6) is 5.75 Å². The number of amides is 1. The molecule has 3 N–H and O–H groups in total. The van der Waals surface area contributed by atoms with Crippen LogP contribution in [0.4, 0.5) is 17.5 Å². The Morgan fingerprint density at radius 3 is 2.56 bits per heavy atom. The number of aromatic nitrogens is 3. The molecule has 0 bridgehead atoms. The van der Waals surface area contributed by atoms with Crippen LogP contribution < -0.4 is 20.3 Å². The minimum atomic E-state index is -0.403. The third kappa shape index (κ3) is 5.92. The van der Waals surface area contributed by atoms with E-state index in [0.29, 0.717) is 54.2 Å². The van der Waals surface area contributed by atoms with Crippen molar-refractivity contribution in [2.45, 2.75) is 31.9 Å². The zero-order valence-electron chi connectivity index (χ0n) is 19.0. The fourth-order valence-corrected chi connectivity index (χ4v) is 3.73. The van der Waals surface area contributed by atoms with Gasteiger partial charge < -0.3 is 25.4 Å². The van der Waals surface area contributed by atoms with Gasteiger partial charge in [-0.15, -0.1) is 0 Å². The monoisotopic (exact) mass is 482 g/mol. The Morgan fingerprint density at radius 2 is 1.91 bits per heavy atom. The lowest BCUT2D eigenvalue weighted by Crippen LogP contribution is -2.37. The van der Waals surface area contributed by atoms with E-state index in [4.69, 9.17) is 21.3 Å². The fourth-order valence-electron chi connectivity index (χ4n) is 3.61. The SMILES string of the molecule is COc1ccc(C(=O)N[C@@H](C)c2cc(Nc3ccc(Cl)cc3)nc(N3CCC(O)CC3)n2)nc1. The quantitative estimate of drug-likeness (QED) is 0.467. The highest BCUT2D eigenvalue weighted by Gasteiger charge is 2.22. The number of carbonyl (C=O) groups excluding carboxylic acids is 1. The van der Waals surface area contributed by atoms with Gasteiger partial charge in [-0.25, -0.2) is 9.97 Å². The van der Waals surface area contributed by atoms with Gasteiger partial charge in [-0.3, -0.25) is 4.79 Å². The van der Waals surface area contributed by atoms with Gasteiger partial charge in [0.15, 0.2) is 0 Å². The van der Waals surface area contributed by atoms with Crippen molar-refractivity contribution in [3.05, 3.63) is 65.1 Å². The molecular formula is C24H27ClN6O3. The minimum absolute atomic E-state index is 0.284. The first-order valence-electron chi connectivity index (χ1n) is 11.1. The summed E-state index contributed by atoms with van der Waals surface area (Å²) in [4.78, 5) is 28.3. The second kappa shape index (κ2) is 10.7. The van der Waals surface area contributed by atoms with Crippen LogP contribution in [0.25, 0.3) is 0 Å². The average Bonchev–Trinajstić information content (AvgIpc) is 2.85. The van der Waals surface area contributed by atoms with Crippen molar-refractivity contribution in [1.29, 1.82) is 0 Å². The van der Waals surface area contributed by atoms with E-state index in [0.717, 1.165) is 5.69 Å². The maximum atomic E-state index is 12.7. The van der Waals surface area contributed by atoms with Crippen LogP contribution in [-0.2, 0) is 0 Å². The molecule has 1 aromatic carbocycles. The highest BCUT2D eigenvalue weighted by Crippen LogP contribution is 2.25. The normalized spacial score (nSPS) is 15.0. The second-order valence-corrected chi connectivity index (χ2v) is 8.54. The van der Waals surface area contributed by atoms with Crippen molar-refractivity contribution in [2.24, 2.45) is 0 Å². The van der Waals surface area contributed by atoms with Gasteiger partial charge in [0.25, 0.3) is 5.91 Å². The molecule has 0 spiro atoms. The molecule has 1 fully saturated rings. The smallest absolute Gasteiger partial charge is 0.270 e. The van der Waals surface area contributed by atoms with Crippen LogP contribution in [0.2, 0.25) is 5.02 Å². The molecule has 1 aliphatic rings. The molecule has 34 heavy (non-hydrogen) atoms. The number of carbonyl (C=O) groups is 1. The third-order valence-corrected chi connectivity index (χ3v) is 5.85. The van der Waals surface area contributed by atoms with Gasteiger partial charge >= 0.3 is 0 Å². The number of nitrogens with zero attached hydrogens (tertiary/aromatic N) is 4. The maximum absolute atomic E-state index is 12.7. The number of hydrogen-bond donors (Lipinski definition) is 3. The lowest BCUT2D eigenvalue weighted by atomic mass is 10.1. The summed E-state index contributed by atoms with van der Waals surface area (Å²) in [6.07, 6.45) is 2.51. The lowest BCUT2D eigenvalue weighted by Gasteiger charge is -2.30. The zero-order valence-corrected chi connectivity index (χ0v) is 19.8. The molecule has 1 saturated heterocycles. The molecule has 0 saturated carbocycles. The molecule has 4 rings (SSSR count). The maximum Gasteiger partial charge on any atom is 0.270 e. The number of nitrogens with one attached hydrogen (secondary N) is 2. The summed E-state index contributed by atoms with van der Waals surface area (Å²) in [6.45, 7) is 3.17. The summed E-state index contributed by atoms with van der Waals surface area (Å²) in [7, 11) is 1.55. The van der Waals surface area contributed by atoms with Crippen molar-refractivity contribution in [1.82, 2.24) is 20.3 Å². The van der Waals surface area contributed by atoms with E-state index in [-0.39, 0.29) is 17.7 Å². The molecule has 1 aliphatic heterocycles. The third-order valence-electron chi connectivity index (χ3n) is 5.59. The Morgan fingerprint density at radius 1 is 1.18 bits per heavy atom. The van der Waals surface area contributed by atoms with Crippen molar-refractivity contribution in [3.8, 4) is 5.75 Å². The molecule has 3 aromatic rings. The largest absolute Gasteiger partial charge is 0.495 e. The predicted molar refractivity (Wildman–Crippen MR) is 131 cm³/mol. The number of pyridine rings is 1. The van der Waals surface area contributed by atoms with Gasteiger partial charge in [-0.1, -0.05) is 11.6 Å². The average molecular weight is 483 g/mol. The van der Waals surface area contributed by atoms with E-state index in [1.807, 2.05) is 30.0 Å². The number of aliphatic hydroxyl groups is 1. The predicted octanol–water partition coefficient (Wildman–Crippen LogP) is 3.73. The standard InChI is InChI=1S/C24H27ClN6O3/c1-15(27-23(33)20-8-7-19(34-2)14-26-20)21-13-22(28-17-5-3-16(25)4-6-17)30-24(29-21)31-11-9-18(32)10-12-31/h3-8,13-15,18,32H,9-12H2,1-2H3,(H,27,33)(H,28,29,30)/t15-/m0/s1. The molecule has 1 amide bonds. The minimum Gasteiger partial charge on any atom is -0.495 e. The summed E-state index contributed by atoms with van der Waals surface area (Å²) in [5.74, 6) is 1.40. The highest BCUT2D eigenvalue weighted by atomic mass is 35.5. The van der Waals surface area contributed by atoms with Gasteiger partial charge in [0.2, 0.25) is 5.95 Å². The van der Waals surface area contributed by atoms with E-state index in [9.17, 15) is 9.90 Å². The molecule has 10 heteroatoms. The Bertz CT molecular complexity index is 1120. The highest BCUT2D eigenvalue weighted by molar-refractivity contribution is 6.30. The Balaban J connectivity index is 1.57. The number of rotatable bonds is 7. The topological polar surface area (TPSA) is 112 Å². The number of aliphatic hydroxyl groups excluding tert-OH is 1. The number of methoxy groups -OCH3 is 1. The first-order chi connectivity index (χ1) is 16.4. The Kier molecular flexibility index (Phi) is 7.44. The fraction of sp³-hybridized carbons (Fsp3) is 0.333. The number of ether oxygens (including phenoxy) is 1. The molecule has 178 valence electrons. The number of benzene rings is 1. The van der Waals surface area contributed by atoms with Crippen molar-refractivity contribution < 1.29 is 14.6 Å². The summed E-state index contributed by atoms with van der Waals surface area (Å²) in [5.41, 5.74) is 1.76. The number of piperidine rings is 1. The summed E-state index contributed by atoms with van der Waals surface area (Å²) in [6, 6.07) is 12.0. The lowest BCUT2D eigenvalue weighted by molar-refractivity contribution is 0.0934. The first kappa shape index (κ1) is 23.7. The Hall–Kier alpha value is -3.43. The summed E-state index contributed by atoms with van der Waals surface area (Å²) >= 11 is 6.00. The van der Waals surface area contributed by atoms with E-state index in [2.05, 4.69) is 20.6 Å². The molecule has 0 aliphatic carbocycles. The van der Waals surface area contributed by atoms with Gasteiger partial charge in [-0.2, -0.15) is 4.98 Å². The molecule has 0 radical (unpaired) electrons. The van der Waals surface area contributed by atoms with Crippen molar-refractivity contribution in [2.75, 3.05) is 30.4 Å². The summed E-state index contributed by atoms with van der Waals surface area (Å²) in [5, 5.41) is 16.8. The van der Waals surface area contributed by atoms with Crippen LogP contribution in [0, 0.1) is 0 Å². The molecule has 3 heterocycles. The number of hydrogen-bond acceptors (Lipinski definition) is 8. The number of anilines is 3. The first-order valence-corrected chi connectivity index (χ1v) is 11.4. The zero-order chi connectivity index (χ0) is 24.1. The van der Waals surface area contributed by atoms with Crippen molar-refractivity contribution in [3.63, 3.8) is 0 Å². The van der Waals surface area contributed by atoms with Crippen LogP contribution in [0.1, 0.15) is 42.0 Å². The van der Waals surface area contributed by atoms with Crippen LogP contribution >= 0.6 is 11.6 Å². The van der Waals surface area contributed by atoms with Gasteiger partial charge in [0, 0.05) is 29.9 Å². The van der Waals surface area contributed by atoms with E-state index >= 15 is 0 Å². The second-order valence-electron chi connectivity index (χ2n) is 8.11. The van der Waals surface area contributed by atoms with E-state index in [1.165, 1.54) is 6.20 Å². The van der Waals surface area contributed by atoms with Crippen LogP contribution in [0.15, 0.2) is 48.7 Å². The molecule has 9 nitrogen and oxygen atoms in total. The van der Waals surface area contributed by atoms with E-state index in [1.54, 1.807) is 31.4 Å². The summed E-state index contributed by atoms with van der Waals surface area (Å²) < 4.78 is 5.10. The molecule has 1 atom stereocenters. The molecular weight excluding hydrogens is 456 g/mol. The van der Waals surface area contributed by atoms with E-state index < -0.39 is 6.04 Å². The molecule has 0 unspecified atom stereocenters. The van der Waals surface area contributed by atoms with Gasteiger partial charge in [-0.05, 0) is 56.2 Å². The van der Waals surface area contributed by atoms with Crippen LogP contribution in [0.3, 0.4) is 0 Å². The van der Waals surface area contributed by atoms with Crippen molar-refractivity contribution >= 4 is 35.0 Å². The Labute approximate surface area is 203 Å². The number of halogens is 1. The van der Waals surface area contributed by atoms with Crippen LogP contribution in [-0.4, -0.2) is 52.3 Å². The molecule has 2 aromatic heterocycles. The van der Waals surface area contributed by atoms with Gasteiger partial charge in [0.1, 0.15) is 17.3 Å².